The first-order valence-electron chi connectivity index (χ1n) is 9.42. The summed E-state index contributed by atoms with van der Waals surface area (Å²) in [6, 6.07) is 11.9. The van der Waals surface area contributed by atoms with Crippen molar-refractivity contribution in [1.29, 1.82) is 0 Å². The molecule has 0 aliphatic heterocycles. The standard InChI is InChI=1S/C21H27N3O4/c1-4-23(5-2)12-13-28-20-9-7-6-8-18(20)15-22-21(25)17-10-11-19(24(26)27)16(3)14-17/h6-11,14H,4-5,12-13,15H2,1-3H3,(H,22,25). The molecule has 2 aromatic carbocycles. The Morgan fingerprint density at radius 3 is 2.54 bits per heavy atom. The van der Waals surface area contributed by atoms with Crippen molar-refractivity contribution < 1.29 is 14.5 Å². The van der Waals surface area contributed by atoms with Gasteiger partial charge in [-0.2, -0.15) is 0 Å². The Labute approximate surface area is 165 Å². The first-order valence-corrected chi connectivity index (χ1v) is 9.42. The summed E-state index contributed by atoms with van der Waals surface area (Å²) in [5, 5.41) is 13.8. The second kappa shape index (κ2) is 10.4. The van der Waals surface area contributed by atoms with Crippen LogP contribution in [0.4, 0.5) is 5.69 Å². The summed E-state index contributed by atoms with van der Waals surface area (Å²) >= 11 is 0. The fourth-order valence-electron chi connectivity index (χ4n) is 2.89. The number of aryl methyl sites for hydroxylation is 1. The van der Waals surface area contributed by atoms with Gasteiger partial charge in [0.1, 0.15) is 12.4 Å². The number of amides is 1. The van der Waals surface area contributed by atoms with Crippen molar-refractivity contribution in [2.24, 2.45) is 0 Å². The van der Waals surface area contributed by atoms with Crippen molar-refractivity contribution in [1.82, 2.24) is 10.2 Å². The number of hydrogen-bond donors (Lipinski definition) is 1. The molecule has 1 amide bonds. The highest BCUT2D eigenvalue weighted by Crippen LogP contribution is 2.20. The minimum atomic E-state index is -0.456. The van der Waals surface area contributed by atoms with Gasteiger partial charge in [0, 0.05) is 35.8 Å². The van der Waals surface area contributed by atoms with E-state index in [1.165, 1.54) is 18.2 Å². The fourth-order valence-corrected chi connectivity index (χ4v) is 2.89. The van der Waals surface area contributed by atoms with E-state index in [4.69, 9.17) is 4.74 Å². The van der Waals surface area contributed by atoms with E-state index in [1.807, 2.05) is 24.3 Å². The molecule has 1 N–H and O–H groups in total. The molecule has 0 radical (unpaired) electrons. The molecule has 0 aliphatic carbocycles. The maximum atomic E-state index is 12.4. The van der Waals surface area contributed by atoms with E-state index >= 15 is 0 Å². The van der Waals surface area contributed by atoms with Crippen molar-refractivity contribution in [3.8, 4) is 5.75 Å². The quantitative estimate of drug-likeness (QED) is 0.499. The maximum absolute atomic E-state index is 12.4. The average Bonchev–Trinajstić information content (AvgIpc) is 2.69. The van der Waals surface area contributed by atoms with Gasteiger partial charge in [-0.3, -0.25) is 14.9 Å². The first kappa shape index (κ1) is 21.4. The van der Waals surface area contributed by atoms with E-state index in [-0.39, 0.29) is 11.6 Å². The summed E-state index contributed by atoms with van der Waals surface area (Å²) in [7, 11) is 0. The van der Waals surface area contributed by atoms with Gasteiger partial charge in [0.15, 0.2) is 0 Å². The Bertz CT molecular complexity index is 819. The van der Waals surface area contributed by atoms with E-state index in [0.29, 0.717) is 24.3 Å². The van der Waals surface area contributed by atoms with Crippen LogP contribution in [0, 0.1) is 17.0 Å². The van der Waals surface area contributed by atoms with Crippen LogP contribution in [0.15, 0.2) is 42.5 Å². The van der Waals surface area contributed by atoms with Crippen LogP contribution >= 0.6 is 0 Å². The third-order valence-corrected chi connectivity index (χ3v) is 4.63. The minimum Gasteiger partial charge on any atom is -0.492 e. The Hall–Kier alpha value is -2.93. The highest BCUT2D eigenvalue weighted by molar-refractivity contribution is 5.94. The number of carbonyl (C=O) groups excluding carboxylic acids is 1. The molecule has 150 valence electrons. The van der Waals surface area contributed by atoms with E-state index in [2.05, 4.69) is 24.1 Å². The van der Waals surface area contributed by atoms with Crippen molar-refractivity contribution >= 4 is 11.6 Å². The van der Waals surface area contributed by atoms with Crippen LogP contribution in [0.1, 0.15) is 35.3 Å². The van der Waals surface area contributed by atoms with Crippen LogP contribution in [0.2, 0.25) is 0 Å². The largest absolute Gasteiger partial charge is 0.492 e. The van der Waals surface area contributed by atoms with Gasteiger partial charge < -0.3 is 15.0 Å². The minimum absolute atomic E-state index is 0.00324. The highest BCUT2D eigenvalue weighted by atomic mass is 16.6. The summed E-state index contributed by atoms with van der Waals surface area (Å²) in [4.78, 5) is 25.1. The number of nitrogens with zero attached hydrogens (tertiary/aromatic N) is 2. The van der Waals surface area contributed by atoms with Gasteiger partial charge in [-0.1, -0.05) is 32.0 Å². The van der Waals surface area contributed by atoms with Crippen LogP contribution < -0.4 is 10.1 Å². The third-order valence-electron chi connectivity index (χ3n) is 4.63. The molecule has 0 bridgehead atoms. The maximum Gasteiger partial charge on any atom is 0.272 e. The van der Waals surface area contributed by atoms with E-state index in [9.17, 15) is 14.9 Å². The molecule has 0 unspecified atom stereocenters. The van der Waals surface area contributed by atoms with Crippen molar-refractivity contribution in [3.05, 3.63) is 69.3 Å². The van der Waals surface area contributed by atoms with Crippen LogP contribution in [0.5, 0.6) is 5.75 Å². The number of hydrogen-bond acceptors (Lipinski definition) is 5. The van der Waals surface area contributed by atoms with Crippen molar-refractivity contribution in [2.45, 2.75) is 27.3 Å². The lowest BCUT2D eigenvalue weighted by atomic mass is 10.1. The van der Waals surface area contributed by atoms with Crippen molar-refractivity contribution in [3.63, 3.8) is 0 Å². The summed E-state index contributed by atoms with van der Waals surface area (Å²) < 4.78 is 5.90. The van der Waals surface area contributed by atoms with Gasteiger partial charge in [0.05, 0.1) is 4.92 Å². The molecule has 7 heteroatoms. The summed E-state index contributed by atoms with van der Waals surface area (Å²) in [6.07, 6.45) is 0. The summed E-state index contributed by atoms with van der Waals surface area (Å²) in [5.41, 5.74) is 1.73. The predicted molar refractivity (Wildman–Crippen MR) is 109 cm³/mol. The zero-order valence-electron chi connectivity index (χ0n) is 16.6. The van der Waals surface area contributed by atoms with Gasteiger partial charge in [-0.25, -0.2) is 0 Å². The molecule has 0 aliphatic rings. The molecule has 28 heavy (non-hydrogen) atoms. The summed E-state index contributed by atoms with van der Waals surface area (Å²) in [6.45, 7) is 9.55. The molecule has 0 heterocycles. The SMILES string of the molecule is CCN(CC)CCOc1ccccc1CNC(=O)c1ccc([N+](=O)[O-])c(C)c1. The fraction of sp³-hybridized carbons (Fsp3) is 0.381. The Kier molecular flexibility index (Phi) is 7.95. The molecule has 0 saturated carbocycles. The lowest BCUT2D eigenvalue weighted by Crippen LogP contribution is -2.28. The Morgan fingerprint density at radius 2 is 1.89 bits per heavy atom. The second-order valence-corrected chi connectivity index (χ2v) is 6.42. The van der Waals surface area contributed by atoms with Gasteiger partial charge in [-0.15, -0.1) is 0 Å². The molecule has 7 nitrogen and oxygen atoms in total. The predicted octanol–water partition coefficient (Wildman–Crippen LogP) is 3.55. The van der Waals surface area contributed by atoms with Gasteiger partial charge in [-0.05, 0) is 38.2 Å². The van der Waals surface area contributed by atoms with Gasteiger partial charge in [0.25, 0.3) is 11.6 Å². The van der Waals surface area contributed by atoms with Gasteiger partial charge >= 0.3 is 0 Å². The molecule has 0 saturated heterocycles. The Morgan fingerprint density at radius 1 is 1.18 bits per heavy atom. The molecule has 0 aromatic heterocycles. The normalized spacial score (nSPS) is 10.7. The number of nitro groups is 1. The zero-order chi connectivity index (χ0) is 20.5. The molecule has 0 spiro atoms. The van der Waals surface area contributed by atoms with E-state index < -0.39 is 4.92 Å². The molecule has 0 atom stereocenters. The average molecular weight is 385 g/mol. The Balaban J connectivity index is 1.98. The van der Waals surface area contributed by atoms with Crippen LogP contribution in [-0.4, -0.2) is 42.0 Å². The lowest BCUT2D eigenvalue weighted by Gasteiger charge is -2.19. The topological polar surface area (TPSA) is 84.7 Å². The number of ether oxygens (including phenoxy) is 1. The van der Waals surface area contributed by atoms with E-state index in [0.717, 1.165) is 30.9 Å². The molecule has 0 fully saturated rings. The molecule has 2 aromatic rings. The van der Waals surface area contributed by atoms with Gasteiger partial charge in [0.2, 0.25) is 0 Å². The third kappa shape index (κ3) is 5.79. The number of benzene rings is 2. The molecular weight excluding hydrogens is 358 g/mol. The lowest BCUT2D eigenvalue weighted by molar-refractivity contribution is -0.385. The number of para-hydroxylation sites is 1. The number of nitro benzene ring substituents is 1. The molecule has 2 rings (SSSR count). The second-order valence-electron chi connectivity index (χ2n) is 6.42. The molecular formula is C21H27N3O4. The number of rotatable bonds is 10. The van der Waals surface area contributed by atoms with Crippen LogP contribution in [-0.2, 0) is 6.54 Å². The zero-order valence-corrected chi connectivity index (χ0v) is 16.6. The first-order chi connectivity index (χ1) is 13.5. The van der Waals surface area contributed by atoms with Crippen LogP contribution in [0.25, 0.3) is 0 Å². The van der Waals surface area contributed by atoms with E-state index in [1.54, 1.807) is 6.92 Å². The number of carbonyl (C=O) groups is 1. The smallest absolute Gasteiger partial charge is 0.272 e. The summed E-state index contributed by atoms with van der Waals surface area (Å²) in [5.74, 6) is 0.464. The monoisotopic (exact) mass is 385 g/mol. The number of nitrogens with one attached hydrogen (secondary N) is 1. The van der Waals surface area contributed by atoms with Crippen LogP contribution in [0.3, 0.4) is 0 Å². The van der Waals surface area contributed by atoms with Crippen molar-refractivity contribution in [2.75, 3.05) is 26.2 Å². The highest BCUT2D eigenvalue weighted by Gasteiger charge is 2.14. The number of likely N-dealkylation sites (N-methyl/N-ethyl adjacent to an activating group) is 1.